The molecule has 0 rings (SSSR count). The third kappa shape index (κ3) is 20.5. The summed E-state index contributed by atoms with van der Waals surface area (Å²) in [6, 6.07) is 2.40. The van der Waals surface area contributed by atoms with Crippen LogP contribution >= 0.6 is 0 Å². The van der Waals surface area contributed by atoms with E-state index in [1.54, 1.807) is 0 Å². The Kier molecular flexibility index (Phi) is 19.1. The number of nitriles is 1. The van der Waals surface area contributed by atoms with E-state index in [0.717, 1.165) is 64.2 Å². The molecule has 0 aromatic carbocycles. The van der Waals surface area contributed by atoms with Gasteiger partial charge in [-0.2, -0.15) is 5.26 Å². The number of nitrogens with zero attached hydrogens (tertiary/aromatic N) is 1. The average Bonchev–Trinajstić information content (AvgIpc) is 2.75. The van der Waals surface area contributed by atoms with Crippen molar-refractivity contribution >= 4 is 0 Å². The highest BCUT2D eigenvalue weighted by atomic mass is 14.2. The molecule has 34 heavy (non-hydrogen) atoms. The van der Waals surface area contributed by atoms with Gasteiger partial charge in [0.1, 0.15) is 0 Å². The number of rotatable bonds is 17. The lowest BCUT2D eigenvalue weighted by atomic mass is 9.94. The van der Waals surface area contributed by atoms with Crippen LogP contribution in [0.3, 0.4) is 0 Å². The van der Waals surface area contributed by atoms with Crippen molar-refractivity contribution in [2.45, 2.75) is 126 Å². The Bertz CT molecular complexity index is 721. The fourth-order valence-corrected chi connectivity index (χ4v) is 3.81. The van der Waals surface area contributed by atoms with Gasteiger partial charge >= 0.3 is 0 Å². The van der Waals surface area contributed by atoms with Crippen molar-refractivity contribution in [2.24, 2.45) is 5.92 Å². The molecule has 0 fully saturated rings. The third-order valence-electron chi connectivity index (χ3n) is 6.22. The van der Waals surface area contributed by atoms with Gasteiger partial charge in [0.25, 0.3) is 0 Å². The predicted molar refractivity (Wildman–Crippen MR) is 154 cm³/mol. The molecule has 0 aliphatic rings. The van der Waals surface area contributed by atoms with Gasteiger partial charge in [-0.1, -0.05) is 69.9 Å². The topological polar surface area (TPSA) is 23.8 Å². The summed E-state index contributed by atoms with van der Waals surface area (Å²) in [6.45, 7) is 17.6. The predicted octanol–water partition coefficient (Wildman–Crippen LogP) is 11.1. The minimum atomic E-state index is 0.428. The Morgan fingerprint density at radius 2 is 0.853 bits per heavy atom. The smallest absolute Gasteiger partial charge is 0.0624 e. The van der Waals surface area contributed by atoms with Crippen LogP contribution in [-0.2, 0) is 0 Å². The molecule has 0 aromatic heterocycles. The first-order valence-electron chi connectivity index (χ1n) is 13.4. The molecular weight excluding hydrogens is 410 g/mol. The molecular formula is C33H53N. The van der Waals surface area contributed by atoms with Gasteiger partial charge in [-0.3, -0.25) is 0 Å². The summed E-state index contributed by atoms with van der Waals surface area (Å²) in [6.07, 6.45) is 25.9. The summed E-state index contributed by atoms with van der Waals surface area (Å²) in [4.78, 5) is 0. The van der Waals surface area contributed by atoms with E-state index in [1.165, 1.54) is 33.4 Å². The zero-order chi connectivity index (χ0) is 25.8. The van der Waals surface area contributed by atoms with E-state index in [9.17, 15) is 5.26 Å². The molecule has 0 heterocycles. The number of allylic oxidation sites excluding steroid dienone is 12. The van der Waals surface area contributed by atoms with E-state index >= 15 is 0 Å². The molecule has 0 spiro atoms. The summed E-state index contributed by atoms with van der Waals surface area (Å²) in [5.41, 5.74) is 8.69. The molecule has 0 saturated heterocycles. The molecule has 0 atom stereocenters. The van der Waals surface area contributed by atoms with E-state index in [-0.39, 0.29) is 0 Å². The highest BCUT2D eigenvalue weighted by Gasteiger charge is 2.06. The van der Waals surface area contributed by atoms with Crippen LogP contribution in [0.2, 0.25) is 0 Å². The summed E-state index contributed by atoms with van der Waals surface area (Å²) in [7, 11) is 0. The normalized spacial score (nSPS) is 14.0. The zero-order valence-electron chi connectivity index (χ0n) is 23.8. The van der Waals surface area contributed by atoms with E-state index < -0.39 is 0 Å². The second-order valence-electron chi connectivity index (χ2n) is 10.6. The fraction of sp³-hybridized carbons (Fsp3) is 0.606. The Labute approximate surface area is 213 Å². The van der Waals surface area contributed by atoms with Gasteiger partial charge in [-0.15, -0.1) is 0 Å². The minimum absolute atomic E-state index is 0.428. The second-order valence-corrected chi connectivity index (χ2v) is 10.6. The molecule has 0 radical (unpaired) electrons. The fourth-order valence-electron chi connectivity index (χ4n) is 3.81. The maximum absolute atomic E-state index is 9.27. The van der Waals surface area contributed by atoms with Gasteiger partial charge in [0, 0.05) is 6.42 Å². The van der Waals surface area contributed by atoms with E-state index in [2.05, 4.69) is 97.9 Å². The SMILES string of the molecule is CC(C)=CCCC(C)=CCCC(C)=CCC(CC#N)CC=C(C)CCC=C(C)CCC=C(C)C. The monoisotopic (exact) mass is 463 g/mol. The van der Waals surface area contributed by atoms with Crippen LogP contribution in [-0.4, -0.2) is 0 Å². The Balaban J connectivity index is 4.48. The lowest BCUT2D eigenvalue weighted by molar-refractivity contribution is 0.551. The quantitative estimate of drug-likeness (QED) is 0.197. The maximum Gasteiger partial charge on any atom is 0.0624 e. The first kappa shape index (κ1) is 31.9. The van der Waals surface area contributed by atoms with Crippen molar-refractivity contribution in [3.8, 4) is 6.07 Å². The summed E-state index contributed by atoms with van der Waals surface area (Å²) < 4.78 is 0. The average molecular weight is 464 g/mol. The molecule has 0 aromatic rings. The highest BCUT2D eigenvalue weighted by molar-refractivity contribution is 5.08. The van der Waals surface area contributed by atoms with Gasteiger partial charge in [-0.25, -0.2) is 0 Å². The lowest BCUT2D eigenvalue weighted by Crippen LogP contribution is -1.97. The number of hydrogen-bond acceptors (Lipinski definition) is 1. The molecule has 190 valence electrons. The molecule has 0 unspecified atom stereocenters. The number of hydrogen-bond donors (Lipinski definition) is 0. The van der Waals surface area contributed by atoms with E-state index in [4.69, 9.17) is 0 Å². The van der Waals surface area contributed by atoms with Crippen LogP contribution in [0.1, 0.15) is 126 Å². The molecule has 0 saturated carbocycles. The second kappa shape index (κ2) is 20.3. The lowest BCUT2D eigenvalue weighted by Gasteiger charge is -2.10. The van der Waals surface area contributed by atoms with Gasteiger partial charge in [0.15, 0.2) is 0 Å². The Morgan fingerprint density at radius 3 is 1.18 bits per heavy atom. The van der Waals surface area contributed by atoms with Crippen molar-refractivity contribution in [1.29, 1.82) is 5.26 Å². The molecule has 0 N–H and O–H groups in total. The standard InChI is InChI=1S/C33H53N/c1-27(2)13-9-15-29(5)17-11-19-31(7)21-23-33(25-26-34)24-22-32(8)20-12-18-30(6)16-10-14-28(3)4/h13-14,17-18,21-22,33H,9-12,15-16,19-20,23-25H2,1-8H3. The van der Waals surface area contributed by atoms with Crippen molar-refractivity contribution in [1.82, 2.24) is 0 Å². The summed E-state index contributed by atoms with van der Waals surface area (Å²) >= 11 is 0. The molecule has 1 heteroatoms. The van der Waals surface area contributed by atoms with E-state index in [1.807, 2.05) is 0 Å². The molecule has 0 aliphatic carbocycles. The van der Waals surface area contributed by atoms with Gasteiger partial charge in [0.2, 0.25) is 0 Å². The van der Waals surface area contributed by atoms with Gasteiger partial charge in [-0.05, 0) is 126 Å². The minimum Gasteiger partial charge on any atom is -0.198 e. The van der Waals surface area contributed by atoms with Crippen molar-refractivity contribution in [2.75, 3.05) is 0 Å². The van der Waals surface area contributed by atoms with Crippen LogP contribution in [0.15, 0.2) is 69.9 Å². The molecule has 0 aliphatic heterocycles. The summed E-state index contributed by atoms with van der Waals surface area (Å²) in [5, 5.41) is 9.27. The van der Waals surface area contributed by atoms with Crippen LogP contribution in [0.5, 0.6) is 0 Å². The molecule has 0 bridgehead atoms. The van der Waals surface area contributed by atoms with Crippen LogP contribution in [0.25, 0.3) is 0 Å². The highest BCUT2D eigenvalue weighted by Crippen LogP contribution is 2.20. The summed E-state index contributed by atoms with van der Waals surface area (Å²) in [5.74, 6) is 0.428. The van der Waals surface area contributed by atoms with Crippen molar-refractivity contribution < 1.29 is 0 Å². The van der Waals surface area contributed by atoms with Crippen LogP contribution < -0.4 is 0 Å². The molecule has 1 nitrogen and oxygen atoms in total. The third-order valence-corrected chi connectivity index (χ3v) is 6.22. The van der Waals surface area contributed by atoms with Gasteiger partial charge in [0.05, 0.1) is 6.07 Å². The first-order chi connectivity index (χ1) is 16.1. The van der Waals surface area contributed by atoms with Crippen LogP contribution in [0.4, 0.5) is 0 Å². The van der Waals surface area contributed by atoms with Crippen molar-refractivity contribution in [3.63, 3.8) is 0 Å². The molecule has 0 amide bonds. The maximum atomic E-state index is 9.27. The Hall–Kier alpha value is -2.07. The first-order valence-corrected chi connectivity index (χ1v) is 13.4. The van der Waals surface area contributed by atoms with Crippen LogP contribution in [0, 0.1) is 17.2 Å². The van der Waals surface area contributed by atoms with Crippen molar-refractivity contribution in [3.05, 3.63) is 69.9 Å². The Morgan fingerprint density at radius 1 is 0.529 bits per heavy atom. The van der Waals surface area contributed by atoms with E-state index in [0.29, 0.717) is 12.3 Å². The largest absolute Gasteiger partial charge is 0.198 e. The zero-order valence-corrected chi connectivity index (χ0v) is 23.8. The van der Waals surface area contributed by atoms with Gasteiger partial charge < -0.3 is 0 Å².